The molecule has 6 heteroatoms. The maximum absolute atomic E-state index is 5.42. The molecular formula is C13H15BrN4S. The number of nitrogens with two attached hydrogens (primary N) is 1. The van der Waals surface area contributed by atoms with E-state index in [2.05, 4.69) is 50.4 Å². The maximum atomic E-state index is 5.42. The number of hydrazine groups is 1. The lowest BCUT2D eigenvalue weighted by atomic mass is 10.3. The predicted octanol–water partition coefficient (Wildman–Crippen LogP) is 3.38. The average Bonchev–Trinajstić information content (AvgIpc) is 2.44. The molecule has 0 fully saturated rings. The molecule has 0 saturated heterocycles. The second-order valence-corrected chi connectivity index (χ2v) is 5.87. The van der Waals surface area contributed by atoms with E-state index >= 15 is 0 Å². The van der Waals surface area contributed by atoms with E-state index in [1.807, 2.05) is 18.2 Å². The fourth-order valence-electron chi connectivity index (χ4n) is 1.58. The van der Waals surface area contributed by atoms with Gasteiger partial charge in [0.2, 0.25) is 0 Å². The SMILES string of the molecule is CCc1cc(NN)nc(CSc2cccc(Br)c2)n1. The van der Waals surface area contributed by atoms with Gasteiger partial charge in [-0.1, -0.05) is 28.9 Å². The molecule has 1 heterocycles. The normalized spacial score (nSPS) is 10.5. The number of halogens is 1. The van der Waals surface area contributed by atoms with E-state index < -0.39 is 0 Å². The number of aryl methyl sites for hydroxylation is 1. The molecule has 0 amide bonds. The molecule has 1 aromatic heterocycles. The van der Waals surface area contributed by atoms with Crippen molar-refractivity contribution in [2.75, 3.05) is 5.43 Å². The highest BCUT2D eigenvalue weighted by atomic mass is 79.9. The molecule has 1 aromatic carbocycles. The van der Waals surface area contributed by atoms with E-state index in [1.54, 1.807) is 11.8 Å². The highest BCUT2D eigenvalue weighted by Gasteiger charge is 2.04. The van der Waals surface area contributed by atoms with Crippen LogP contribution in [0.2, 0.25) is 0 Å². The van der Waals surface area contributed by atoms with E-state index in [1.165, 1.54) is 4.90 Å². The van der Waals surface area contributed by atoms with Crippen LogP contribution in [-0.4, -0.2) is 9.97 Å². The molecule has 0 atom stereocenters. The van der Waals surface area contributed by atoms with Crippen LogP contribution in [-0.2, 0) is 12.2 Å². The van der Waals surface area contributed by atoms with Crippen LogP contribution < -0.4 is 11.3 Å². The van der Waals surface area contributed by atoms with Crippen molar-refractivity contribution in [1.82, 2.24) is 9.97 Å². The van der Waals surface area contributed by atoms with Gasteiger partial charge >= 0.3 is 0 Å². The summed E-state index contributed by atoms with van der Waals surface area (Å²) < 4.78 is 1.07. The Morgan fingerprint density at radius 1 is 1.32 bits per heavy atom. The van der Waals surface area contributed by atoms with E-state index in [0.29, 0.717) is 5.82 Å². The summed E-state index contributed by atoms with van der Waals surface area (Å²) in [5, 5.41) is 0. The zero-order chi connectivity index (χ0) is 13.7. The predicted molar refractivity (Wildman–Crippen MR) is 82.9 cm³/mol. The van der Waals surface area contributed by atoms with Gasteiger partial charge in [0.1, 0.15) is 11.6 Å². The lowest BCUT2D eigenvalue weighted by Gasteiger charge is -2.06. The molecule has 0 saturated carbocycles. The molecule has 19 heavy (non-hydrogen) atoms. The largest absolute Gasteiger partial charge is 0.308 e. The minimum absolute atomic E-state index is 0.664. The Bertz CT molecular complexity index is 540. The van der Waals surface area contributed by atoms with Gasteiger partial charge < -0.3 is 5.43 Å². The summed E-state index contributed by atoms with van der Waals surface area (Å²) in [5.41, 5.74) is 3.57. The third-order valence-electron chi connectivity index (χ3n) is 2.50. The van der Waals surface area contributed by atoms with Gasteiger partial charge in [0.25, 0.3) is 0 Å². The highest BCUT2D eigenvalue weighted by Crippen LogP contribution is 2.24. The van der Waals surface area contributed by atoms with Crippen LogP contribution in [0.3, 0.4) is 0 Å². The Morgan fingerprint density at radius 3 is 2.84 bits per heavy atom. The van der Waals surface area contributed by atoms with Crippen molar-refractivity contribution in [3.8, 4) is 0 Å². The topological polar surface area (TPSA) is 63.8 Å². The van der Waals surface area contributed by atoms with Crippen LogP contribution in [0.5, 0.6) is 0 Å². The van der Waals surface area contributed by atoms with Crippen molar-refractivity contribution in [1.29, 1.82) is 0 Å². The number of benzene rings is 1. The molecule has 2 aromatic rings. The van der Waals surface area contributed by atoms with Gasteiger partial charge in [-0.05, 0) is 24.6 Å². The zero-order valence-electron chi connectivity index (χ0n) is 10.6. The van der Waals surface area contributed by atoms with E-state index in [0.717, 1.165) is 28.2 Å². The minimum atomic E-state index is 0.664. The molecular weight excluding hydrogens is 324 g/mol. The van der Waals surface area contributed by atoms with Crippen LogP contribution in [0, 0.1) is 0 Å². The summed E-state index contributed by atoms with van der Waals surface area (Å²) in [6.45, 7) is 2.06. The summed E-state index contributed by atoms with van der Waals surface area (Å²) >= 11 is 5.17. The van der Waals surface area contributed by atoms with Crippen molar-refractivity contribution in [2.24, 2.45) is 5.84 Å². The number of hydrogen-bond donors (Lipinski definition) is 2. The number of nitrogens with one attached hydrogen (secondary N) is 1. The third-order valence-corrected chi connectivity index (χ3v) is 3.98. The Labute approximate surface area is 125 Å². The van der Waals surface area contributed by atoms with Gasteiger partial charge in [0.05, 0.1) is 5.75 Å². The Morgan fingerprint density at radius 2 is 2.16 bits per heavy atom. The van der Waals surface area contributed by atoms with Gasteiger partial charge in [-0.25, -0.2) is 15.8 Å². The van der Waals surface area contributed by atoms with Gasteiger partial charge in [-0.2, -0.15) is 0 Å². The minimum Gasteiger partial charge on any atom is -0.308 e. The lowest BCUT2D eigenvalue weighted by Crippen LogP contribution is -2.11. The molecule has 0 spiro atoms. The average molecular weight is 339 g/mol. The van der Waals surface area contributed by atoms with Crippen LogP contribution in [0.25, 0.3) is 0 Å². The first-order valence-electron chi connectivity index (χ1n) is 5.93. The summed E-state index contributed by atoms with van der Waals surface area (Å²) in [5.74, 6) is 7.59. The smallest absolute Gasteiger partial charge is 0.143 e. The zero-order valence-corrected chi connectivity index (χ0v) is 13.0. The van der Waals surface area contributed by atoms with Crippen LogP contribution in [0.4, 0.5) is 5.82 Å². The first kappa shape index (κ1) is 14.3. The summed E-state index contributed by atoms with van der Waals surface area (Å²) in [6, 6.07) is 10.0. The maximum Gasteiger partial charge on any atom is 0.143 e. The van der Waals surface area contributed by atoms with Crippen molar-refractivity contribution < 1.29 is 0 Å². The Balaban J connectivity index is 2.10. The summed E-state index contributed by atoms with van der Waals surface area (Å²) in [4.78, 5) is 10.0. The standard InChI is InChI=1S/C13H15BrN4S/c1-2-10-7-12(18-15)17-13(16-10)8-19-11-5-3-4-9(14)6-11/h3-7H,2,8,15H2,1H3,(H,16,17,18). The molecule has 4 nitrogen and oxygen atoms in total. The van der Waals surface area contributed by atoms with Gasteiger partial charge in [-0.15, -0.1) is 11.8 Å². The molecule has 0 radical (unpaired) electrons. The molecule has 0 aliphatic rings. The molecule has 100 valence electrons. The molecule has 2 rings (SSSR count). The van der Waals surface area contributed by atoms with Crippen LogP contribution in [0.15, 0.2) is 39.7 Å². The van der Waals surface area contributed by atoms with E-state index in [4.69, 9.17) is 5.84 Å². The number of hydrogen-bond acceptors (Lipinski definition) is 5. The number of nitrogen functional groups attached to an aromatic ring is 1. The van der Waals surface area contributed by atoms with E-state index in [9.17, 15) is 0 Å². The van der Waals surface area contributed by atoms with E-state index in [-0.39, 0.29) is 0 Å². The second kappa shape index (κ2) is 6.88. The monoisotopic (exact) mass is 338 g/mol. The van der Waals surface area contributed by atoms with Crippen molar-refractivity contribution in [2.45, 2.75) is 24.0 Å². The number of nitrogens with zero attached hydrogens (tertiary/aromatic N) is 2. The number of thioether (sulfide) groups is 1. The highest BCUT2D eigenvalue weighted by molar-refractivity contribution is 9.10. The third kappa shape index (κ3) is 4.19. The Kier molecular flexibility index (Phi) is 5.18. The van der Waals surface area contributed by atoms with Crippen molar-refractivity contribution >= 4 is 33.5 Å². The quantitative estimate of drug-likeness (QED) is 0.497. The Hall–Kier alpha value is -1.11. The molecule has 3 N–H and O–H groups in total. The first-order valence-corrected chi connectivity index (χ1v) is 7.71. The van der Waals surface area contributed by atoms with Gasteiger partial charge in [0.15, 0.2) is 0 Å². The molecule has 0 bridgehead atoms. The lowest BCUT2D eigenvalue weighted by molar-refractivity contribution is 0.938. The number of aromatic nitrogens is 2. The van der Waals surface area contributed by atoms with Crippen molar-refractivity contribution in [3.05, 3.63) is 46.3 Å². The number of anilines is 1. The second-order valence-electron chi connectivity index (χ2n) is 3.90. The molecule has 0 aliphatic carbocycles. The van der Waals surface area contributed by atoms with Crippen LogP contribution >= 0.6 is 27.7 Å². The molecule has 0 unspecified atom stereocenters. The summed E-state index contributed by atoms with van der Waals surface area (Å²) in [7, 11) is 0. The molecule has 0 aliphatic heterocycles. The van der Waals surface area contributed by atoms with Gasteiger partial charge in [-0.3, -0.25) is 0 Å². The first-order chi connectivity index (χ1) is 9.21. The van der Waals surface area contributed by atoms with Crippen molar-refractivity contribution in [3.63, 3.8) is 0 Å². The summed E-state index contributed by atoms with van der Waals surface area (Å²) in [6.07, 6.45) is 0.867. The van der Waals surface area contributed by atoms with Gasteiger partial charge in [0, 0.05) is 21.1 Å². The van der Waals surface area contributed by atoms with Crippen LogP contribution in [0.1, 0.15) is 18.4 Å². The fraction of sp³-hybridized carbons (Fsp3) is 0.231. The number of rotatable bonds is 5. The fourth-order valence-corrected chi connectivity index (χ4v) is 2.94.